The van der Waals surface area contributed by atoms with Gasteiger partial charge in [-0.1, -0.05) is 37.0 Å². The normalized spacial score (nSPS) is 16.8. The average Bonchev–Trinajstić information content (AvgIpc) is 2.00. The van der Waals surface area contributed by atoms with E-state index in [1.54, 1.807) is 7.05 Å². The van der Waals surface area contributed by atoms with Gasteiger partial charge in [-0.25, -0.2) is 0 Å². The lowest BCUT2D eigenvalue weighted by Crippen LogP contribution is -2.44. The zero-order valence-corrected chi connectivity index (χ0v) is 9.20. The van der Waals surface area contributed by atoms with Crippen molar-refractivity contribution < 1.29 is 0 Å². The van der Waals surface area contributed by atoms with E-state index in [1.165, 1.54) is 0 Å². The summed E-state index contributed by atoms with van der Waals surface area (Å²) in [6.07, 6.45) is 4.08. The van der Waals surface area contributed by atoms with Crippen LogP contribution in [-0.4, -0.2) is 19.8 Å². The minimum atomic E-state index is -0.192. The van der Waals surface area contributed by atoms with Crippen LogP contribution in [0.4, 0.5) is 0 Å². The third-order valence-corrected chi connectivity index (χ3v) is 1.58. The Balaban J connectivity index is 4.32. The Morgan fingerprint density at radius 2 is 2.08 bits per heavy atom. The van der Waals surface area contributed by atoms with E-state index in [9.17, 15) is 0 Å². The summed E-state index contributed by atoms with van der Waals surface area (Å²) in [5, 5.41) is 7.48. The molecule has 73 valence electrons. The lowest BCUT2D eigenvalue weighted by atomic mass is 9.52. The second-order valence-corrected chi connectivity index (χ2v) is 3.61. The molecule has 1 unspecified atom stereocenters. The maximum absolute atomic E-state index is 3.81. The fourth-order valence-electron chi connectivity index (χ4n) is 1.33. The van der Waals surface area contributed by atoms with Crippen molar-refractivity contribution in [1.82, 2.24) is 5.43 Å². The standard InChI is InChI=1S/C9H19BN3/c1-6-7-9(4,10-8(2)3)12-13-11-5/h6-8H,1-5H3,(H,11,12)/b7-6-. The first-order chi connectivity index (χ1) is 6.04. The summed E-state index contributed by atoms with van der Waals surface area (Å²) in [5.41, 5.74) is 2.80. The molecular weight excluding hydrogens is 161 g/mol. The number of nitrogens with zero attached hydrogens (tertiary/aromatic N) is 2. The van der Waals surface area contributed by atoms with E-state index in [0.29, 0.717) is 5.82 Å². The maximum Gasteiger partial charge on any atom is 0.155 e. The molecule has 0 amide bonds. The highest BCUT2D eigenvalue weighted by atomic mass is 15.4. The Labute approximate surface area is 81.9 Å². The van der Waals surface area contributed by atoms with Crippen LogP contribution >= 0.6 is 0 Å². The lowest BCUT2D eigenvalue weighted by molar-refractivity contribution is 0.564. The van der Waals surface area contributed by atoms with Gasteiger partial charge in [0, 0.05) is 5.44 Å². The quantitative estimate of drug-likeness (QED) is 0.300. The van der Waals surface area contributed by atoms with Crippen LogP contribution in [0.1, 0.15) is 27.7 Å². The van der Waals surface area contributed by atoms with Crippen molar-refractivity contribution in [3.8, 4) is 0 Å². The molecule has 3 nitrogen and oxygen atoms in total. The number of nitrogens with one attached hydrogen (secondary N) is 1. The van der Waals surface area contributed by atoms with Crippen LogP contribution in [0.5, 0.6) is 0 Å². The Morgan fingerprint density at radius 3 is 2.46 bits per heavy atom. The highest BCUT2D eigenvalue weighted by Crippen LogP contribution is 2.12. The molecule has 1 atom stereocenters. The molecular formula is C9H19BN3. The van der Waals surface area contributed by atoms with Crippen molar-refractivity contribution in [2.45, 2.75) is 39.0 Å². The van der Waals surface area contributed by atoms with Crippen LogP contribution in [0.3, 0.4) is 0 Å². The molecule has 0 aliphatic rings. The van der Waals surface area contributed by atoms with Crippen LogP contribution in [0.25, 0.3) is 0 Å². The van der Waals surface area contributed by atoms with Crippen molar-refractivity contribution in [2.75, 3.05) is 7.05 Å². The highest BCUT2D eigenvalue weighted by molar-refractivity contribution is 6.42. The molecule has 0 rings (SSSR count). The van der Waals surface area contributed by atoms with Gasteiger partial charge in [0.05, 0.1) is 7.05 Å². The van der Waals surface area contributed by atoms with Crippen molar-refractivity contribution >= 4 is 7.28 Å². The molecule has 0 fully saturated rings. The Kier molecular flexibility index (Phi) is 5.43. The first kappa shape index (κ1) is 12.2. The smallest absolute Gasteiger partial charge is 0.155 e. The second kappa shape index (κ2) is 5.78. The minimum Gasteiger partial charge on any atom is -0.291 e. The van der Waals surface area contributed by atoms with Crippen LogP contribution in [0.2, 0.25) is 5.82 Å². The molecule has 0 aromatic heterocycles. The van der Waals surface area contributed by atoms with Gasteiger partial charge in [0.1, 0.15) is 0 Å². The summed E-state index contributed by atoms with van der Waals surface area (Å²) in [7, 11) is 3.85. The summed E-state index contributed by atoms with van der Waals surface area (Å²) in [6.45, 7) is 8.36. The van der Waals surface area contributed by atoms with Gasteiger partial charge in [-0.15, -0.1) is 0 Å². The zero-order chi connectivity index (χ0) is 10.3. The first-order valence-electron chi connectivity index (χ1n) is 4.60. The van der Waals surface area contributed by atoms with E-state index in [4.69, 9.17) is 0 Å². The third kappa shape index (κ3) is 5.44. The van der Waals surface area contributed by atoms with Gasteiger partial charge in [-0.3, -0.25) is 5.43 Å². The Morgan fingerprint density at radius 1 is 1.46 bits per heavy atom. The highest BCUT2D eigenvalue weighted by Gasteiger charge is 2.22. The Hall–Kier alpha value is -0.795. The molecule has 0 aromatic carbocycles. The monoisotopic (exact) mass is 180 g/mol. The van der Waals surface area contributed by atoms with Crippen LogP contribution < -0.4 is 5.43 Å². The number of hydrogen-bond acceptors (Lipinski definition) is 2. The summed E-state index contributed by atoms with van der Waals surface area (Å²) >= 11 is 0. The predicted molar refractivity (Wildman–Crippen MR) is 58.0 cm³/mol. The van der Waals surface area contributed by atoms with Gasteiger partial charge in [0.2, 0.25) is 0 Å². The molecule has 13 heavy (non-hydrogen) atoms. The van der Waals surface area contributed by atoms with E-state index < -0.39 is 0 Å². The molecule has 0 heterocycles. The molecule has 0 saturated heterocycles. The van der Waals surface area contributed by atoms with E-state index >= 15 is 0 Å². The first-order valence-corrected chi connectivity index (χ1v) is 4.60. The van der Waals surface area contributed by atoms with Crippen molar-refractivity contribution in [3.05, 3.63) is 12.2 Å². The molecule has 0 aliphatic carbocycles. The summed E-state index contributed by atoms with van der Waals surface area (Å²) in [4.78, 5) is 0. The molecule has 0 aromatic rings. The number of rotatable bonds is 5. The average molecular weight is 180 g/mol. The van der Waals surface area contributed by atoms with Gasteiger partial charge >= 0.3 is 0 Å². The Bertz CT molecular complexity index is 189. The van der Waals surface area contributed by atoms with Crippen molar-refractivity contribution in [1.29, 1.82) is 0 Å². The molecule has 0 aliphatic heterocycles. The third-order valence-electron chi connectivity index (χ3n) is 1.58. The van der Waals surface area contributed by atoms with Gasteiger partial charge in [-0.2, -0.15) is 5.11 Å². The molecule has 1 N–H and O–H groups in total. The van der Waals surface area contributed by atoms with Gasteiger partial charge in [0.25, 0.3) is 0 Å². The summed E-state index contributed by atoms with van der Waals surface area (Å²) in [6, 6.07) is 0. The zero-order valence-electron chi connectivity index (χ0n) is 9.20. The van der Waals surface area contributed by atoms with E-state index in [0.717, 1.165) is 0 Å². The van der Waals surface area contributed by atoms with Gasteiger partial charge in [0.15, 0.2) is 7.28 Å². The largest absolute Gasteiger partial charge is 0.291 e. The van der Waals surface area contributed by atoms with E-state index in [2.05, 4.69) is 49.9 Å². The van der Waals surface area contributed by atoms with Crippen molar-refractivity contribution in [2.24, 2.45) is 10.3 Å². The molecule has 0 saturated carbocycles. The molecule has 4 heteroatoms. The minimum absolute atomic E-state index is 0.192. The number of allylic oxidation sites excluding steroid dienone is 1. The fraction of sp³-hybridized carbons (Fsp3) is 0.778. The topological polar surface area (TPSA) is 36.8 Å². The predicted octanol–water partition coefficient (Wildman–Crippen LogP) is 2.40. The SMILES string of the molecule is C/C=C\C(C)([B]C(C)C)NN=NC. The number of hydrogen-bond donors (Lipinski definition) is 1. The molecule has 0 spiro atoms. The molecule has 0 bridgehead atoms. The lowest BCUT2D eigenvalue weighted by Gasteiger charge is -2.25. The van der Waals surface area contributed by atoms with E-state index in [1.807, 2.05) is 13.0 Å². The van der Waals surface area contributed by atoms with Gasteiger partial charge in [-0.05, 0) is 13.8 Å². The second-order valence-electron chi connectivity index (χ2n) is 3.61. The van der Waals surface area contributed by atoms with Crippen LogP contribution in [-0.2, 0) is 0 Å². The summed E-state index contributed by atoms with van der Waals surface area (Å²) in [5.74, 6) is 0.515. The molecule has 1 radical (unpaired) electrons. The summed E-state index contributed by atoms with van der Waals surface area (Å²) < 4.78 is 0. The van der Waals surface area contributed by atoms with Crippen LogP contribution in [0, 0.1) is 0 Å². The van der Waals surface area contributed by atoms with E-state index in [-0.39, 0.29) is 5.44 Å². The maximum atomic E-state index is 3.81. The van der Waals surface area contributed by atoms with Crippen LogP contribution in [0.15, 0.2) is 22.5 Å². The van der Waals surface area contributed by atoms with Gasteiger partial charge < -0.3 is 0 Å². The fourth-order valence-corrected chi connectivity index (χ4v) is 1.33. The van der Waals surface area contributed by atoms with Crippen molar-refractivity contribution in [3.63, 3.8) is 0 Å².